The van der Waals surface area contributed by atoms with Crippen molar-refractivity contribution in [2.24, 2.45) is 5.73 Å². The number of fused-ring (bicyclic) bond motifs is 3. The van der Waals surface area contributed by atoms with E-state index in [1.165, 1.54) is 0 Å². The van der Waals surface area contributed by atoms with Gasteiger partial charge in [-0.25, -0.2) is 9.97 Å². The minimum absolute atomic E-state index is 0.0848. The molecule has 2 aromatic rings. The van der Waals surface area contributed by atoms with E-state index in [1.54, 1.807) is 24.4 Å². The number of benzene rings is 1. The van der Waals surface area contributed by atoms with Crippen LogP contribution in [0.1, 0.15) is 23.9 Å². The molecule has 102 valence electrons. The highest BCUT2D eigenvalue weighted by atomic mass is 35.5. The van der Waals surface area contributed by atoms with E-state index in [4.69, 9.17) is 22.1 Å². The Bertz CT molecular complexity index is 703. The number of primary amides is 1. The first-order valence-corrected chi connectivity index (χ1v) is 6.51. The Morgan fingerprint density at radius 1 is 1.50 bits per heavy atom. The van der Waals surface area contributed by atoms with Crippen LogP contribution in [0.5, 0.6) is 5.75 Å². The number of nitrogens with zero attached hydrogens (tertiary/aromatic N) is 2. The van der Waals surface area contributed by atoms with E-state index in [1.807, 2.05) is 6.92 Å². The van der Waals surface area contributed by atoms with Crippen molar-refractivity contribution in [3.63, 3.8) is 0 Å². The van der Waals surface area contributed by atoms with Crippen LogP contribution in [0.25, 0.3) is 11.3 Å². The summed E-state index contributed by atoms with van der Waals surface area (Å²) in [5.74, 6) is 0.861. The number of aryl methyl sites for hydroxylation is 1. The molecule has 2 N–H and O–H groups in total. The first-order valence-electron chi connectivity index (χ1n) is 6.13. The van der Waals surface area contributed by atoms with Gasteiger partial charge in [-0.05, 0) is 25.1 Å². The summed E-state index contributed by atoms with van der Waals surface area (Å²) in [6.45, 7) is 1.81. The minimum atomic E-state index is -0.461. The lowest BCUT2D eigenvalue weighted by atomic mass is 9.97. The van der Waals surface area contributed by atoms with Gasteiger partial charge in [-0.15, -0.1) is 0 Å². The van der Waals surface area contributed by atoms with Crippen molar-refractivity contribution in [1.82, 2.24) is 9.97 Å². The lowest BCUT2D eigenvalue weighted by molar-refractivity contribution is -0.119. The topological polar surface area (TPSA) is 78.1 Å². The van der Waals surface area contributed by atoms with Gasteiger partial charge >= 0.3 is 0 Å². The maximum atomic E-state index is 11.2. The van der Waals surface area contributed by atoms with Gasteiger partial charge in [0.25, 0.3) is 0 Å². The van der Waals surface area contributed by atoms with Crippen molar-refractivity contribution in [1.29, 1.82) is 0 Å². The van der Waals surface area contributed by atoms with Gasteiger partial charge in [-0.3, -0.25) is 4.79 Å². The van der Waals surface area contributed by atoms with E-state index >= 15 is 0 Å². The second-order valence-corrected chi connectivity index (χ2v) is 5.08. The molecule has 1 aliphatic heterocycles. The molecule has 0 bridgehead atoms. The highest BCUT2D eigenvalue weighted by molar-refractivity contribution is 6.31. The predicted molar refractivity (Wildman–Crippen MR) is 74.4 cm³/mol. The van der Waals surface area contributed by atoms with Crippen LogP contribution >= 0.6 is 11.6 Å². The molecule has 0 radical (unpaired) electrons. The Morgan fingerprint density at radius 2 is 2.30 bits per heavy atom. The lowest BCUT2D eigenvalue weighted by Gasteiger charge is -2.27. The van der Waals surface area contributed by atoms with Crippen LogP contribution in [-0.2, 0) is 4.79 Å². The summed E-state index contributed by atoms with van der Waals surface area (Å²) >= 11 is 6.03. The van der Waals surface area contributed by atoms with E-state index in [0.29, 0.717) is 16.6 Å². The number of rotatable bonds is 2. The van der Waals surface area contributed by atoms with Crippen LogP contribution in [0.2, 0.25) is 5.02 Å². The molecule has 0 fully saturated rings. The Labute approximate surface area is 120 Å². The number of amides is 1. The summed E-state index contributed by atoms with van der Waals surface area (Å²) in [6, 6.07) is 5.30. The zero-order valence-corrected chi connectivity index (χ0v) is 11.5. The molecule has 1 unspecified atom stereocenters. The average Bonchev–Trinajstić information content (AvgIpc) is 2.39. The molecule has 0 spiro atoms. The maximum Gasteiger partial charge on any atom is 0.221 e. The largest absolute Gasteiger partial charge is 0.484 e. The first kappa shape index (κ1) is 12.9. The van der Waals surface area contributed by atoms with Gasteiger partial charge in [0.15, 0.2) is 0 Å². The van der Waals surface area contributed by atoms with Crippen LogP contribution in [0.4, 0.5) is 0 Å². The Balaban J connectivity index is 2.18. The molecule has 0 saturated heterocycles. The summed E-state index contributed by atoms with van der Waals surface area (Å²) in [4.78, 5) is 19.8. The quantitative estimate of drug-likeness (QED) is 0.921. The SMILES string of the molecule is Cc1ncc2c(n1)-c1cc(Cl)ccc1OC2CC(N)=O. The maximum absolute atomic E-state index is 11.2. The third-order valence-electron chi connectivity index (χ3n) is 3.14. The van der Waals surface area contributed by atoms with Crippen LogP contribution in [0.3, 0.4) is 0 Å². The van der Waals surface area contributed by atoms with Crippen LogP contribution in [-0.4, -0.2) is 15.9 Å². The molecule has 1 aliphatic rings. The summed E-state index contributed by atoms with van der Waals surface area (Å²) in [7, 11) is 0. The summed E-state index contributed by atoms with van der Waals surface area (Å²) < 4.78 is 5.82. The van der Waals surface area contributed by atoms with Crippen LogP contribution < -0.4 is 10.5 Å². The Hall–Kier alpha value is -2.14. The number of carbonyl (C=O) groups is 1. The van der Waals surface area contributed by atoms with Gasteiger partial charge in [0.1, 0.15) is 17.7 Å². The highest BCUT2D eigenvalue weighted by Crippen LogP contribution is 2.43. The third-order valence-corrected chi connectivity index (χ3v) is 3.37. The second kappa shape index (κ2) is 4.76. The van der Waals surface area contributed by atoms with E-state index < -0.39 is 12.0 Å². The molecule has 1 atom stereocenters. The third kappa shape index (κ3) is 2.20. The molecule has 5 nitrogen and oxygen atoms in total. The standard InChI is InChI=1S/C14H12ClN3O2/c1-7-17-6-10-12(5-13(16)19)20-11-3-2-8(15)4-9(11)14(10)18-7/h2-4,6,12H,5H2,1H3,(H2,16,19). The molecule has 6 heteroatoms. The van der Waals surface area contributed by atoms with Crippen LogP contribution in [0, 0.1) is 6.92 Å². The number of aromatic nitrogens is 2. The van der Waals surface area contributed by atoms with Crippen molar-refractivity contribution < 1.29 is 9.53 Å². The van der Waals surface area contributed by atoms with Crippen molar-refractivity contribution >= 4 is 17.5 Å². The van der Waals surface area contributed by atoms with Crippen LogP contribution in [0.15, 0.2) is 24.4 Å². The number of hydrogen-bond donors (Lipinski definition) is 1. The molecular weight excluding hydrogens is 278 g/mol. The van der Waals surface area contributed by atoms with Crippen molar-refractivity contribution in [2.75, 3.05) is 0 Å². The number of hydrogen-bond acceptors (Lipinski definition) is 4. The summed E-state index contributed by atoms with van der Waals surface area (Å²) in [6.07, 6.45) is 1.30. The number of halogens is 1. The predicted octanol–water partition coefficient (Wildman–Crippen LogP) is 2.41. The van der Waals surface area contributed by atoms with E-state index in [-0.39, 0.29) is 6.42 Å². The number of ether oxygens (including phenoxy) is 1. The van der Waals surface area contributed by atoms with Gasteiger partial charge in [-0.2, -0.15) is 0 Å². The van der Waals surface area contributed by atoms with Gasteiger partial charge in [0.2, 0.25) is 5.91 Å². The monoisotopic (exact) mass is 289 g/mol. The molecule has 1 aromatic carbocycles. The lowest BCUT2D eigenvalue weighted by Crippen LogP contribution is -2.22. The van der Waals surface area contributed by atoms with E-state index in [2.05, 4.69) is 9.97 Å². The van der Waals surface area contributed by atoms with Crippen molar-refractivity contribution in [2.45, 2.75) is 19.4 Å². The Kier molecular flexibility index (Phi) is 3.06. The van der Waals surface area contributed by atoms with Gasteiger partial charge < -0.3 is 10.5 Å². The van der Waals surface area contributed by atoms with Crippen molar-refractivity contribution in [3.05, 3.63) is 40.8 Å². The molecule has 3 rings (SSSR count). The van der Waals surface area contributed by atoms with Gasteiger partial charge in [-0.1, -0.05) is 11.6 Å². The zero-order chi connectivity index (χ0) is 14.3. The zero-order valence-electron chi connectivity index (χ0n) is 10.8. The number of carbonyl (C=O) groups excluding carboxylic acids is 1. The van der Waals surface area contributed by atoms with Crippen molar-refractivity contribution in [3.8, 4) is 17.0 Å². The molecule has 20 heavy (non-hydrogen) atoms. The first-order chi connectivity index (χ1) is 9.54. The fraction of sp³-hybridized carbons (Fsp3) is 0.214. The normalized spacial score (nSPS) is 16.0. The molecule has 1 amide bonds. The molecular formula is C14H12ClN3O2. The van der Waals surface area contributed by atoms with E-state index in [0.717, 1.165) is 16.8 Å². The highest BCUT2D eigenvalue weighted by Gasteiger charge is 2.29. The van der Waals surface area contributed by atoms with Gasteiger partial charge in [0.05, 0.1) is 12.1 Å². The molecule has 0 saturated carbocycles. The molecule has 0 aliphatic carbocycles. The van der Waals surface area contributed by atoms with E-state index in [9.17, 15) is 4.79 Å². The smallest absolute Gasteiger partial charge is 0.221 e. The molecule has 2 heterocycles. The second-order valence-electron chi connectivity index (χ2n) is 4.64. The Morgan fingerprint density at radius 3 is 3.05 bits per heavy atom. The van der Waals surface area contributed by atoms with Gasteiger partial charge in [0, 0.05) is 22.3 Å². The summed E-state index contributed by atoms with van der Waals surface area (Å²) in [5, 5.41) is 0.600. The fourth-order valence-electron chi connectivity index (χ4n) is 2.27. The molecule has 1 aromatic heterocycles. The number of nitrogens with two attached hydrogens (primary N) is 1. The average molecular weight is 290 g/mol. The fourth-order valence-corrected chi connectivity index (χ4v) is 2.44. The minimum Gasteiger partial charge on any atom is -0.484 e. The summed E-state index contributed by atoms with van der Waals surface area (Å²) in [5.41, 5.74) is 7.57.